The normalized spacial score (nSPS) is 31.8. The Hall–Kier alpha value is 0.270. The van der Waals surface area contributed by atoms with Crippen molar-refractivity contribution >= 4 is 11.8 Å². The van der Waals surface area contributed by atoms with Crippen LogP contribution in [0.1, 0.15) is 39.0 Å². The van der Waals surface area contributed by atoms with Crippen LogP contribution < -0.4 is 5.32 Å². The highest BCUT2D eigenvalue weighted by atomic mass is 32.2. The molecule has 0 saturated heterocycles. The van der Waals surface area contributed by atoms with Crippen LogP contribution in [0.25, 0.3) is 0 Å². The number of hydrogen-bond acceptors (Lipinski definition) is 3. The van der Waals surface area contributed by atoms with Gasteiger partial charge < -0.3 is 10.4 Å². The number of aliphatic hydroxyl groups excluding tert-OH is 1. The van der Waals surface area contributed by atoms with Crippen molar-refractivity contribution < 1.29 is 5.11 Å². The van der Waals surface area contributed by atoms with E-state index in [4.69, 9.17) is 5.11 Å². The summed E-state index contributed by atoms with van der Waals surface area (Å²) in [4.78, 5) is 0. The molecule has 0 heterocycles. The second-order valence-electron chi connectivity index (χ2n) is 4.50. The molecule has 3 atom stereocenters. The molecule has 0 aliphatic heterocycles. The van der Waals surface area contributed by atoms with Gasteiger partial charge in [-0.05, 0) is 32.2 Å². The van der Waals surface area contributed by atoms with Gasteiger partial charge in [-0.3, -0.25) is 0 Å². The van der Waals surface area contributed by atoms with Gasteiger partial charge in [0.25, 0.3) is 0 Å². The molecule has 1 aliphatic carbocycles. The molecule has 15 heavy (non-hydrogen) atoms. The largest absolute Gasteiger partial charge is 0.396 e. The Labute approximate surface area is 98.2 Å². The summed E-state index contributed by atoms with van der Waals surface area (Å²) in [6.45, 7) is 2.59. The molecule has 2 N–H and O–H groups in total. The molecule has 0 radical (unpaired) electrons. The van der Waals surface area contributed by atoms with E-state index >= 15 is 0 Å². The summed E-state index contributed by atoms with van der Waals surface area (Å²) in [5, 5.41) is 13.0. The lowest BCUT2D eigenvalue weighted by Gasteiger charge is -2.35. The minimum absolute atomic E-state index is 0.316. The molecule has 1 aliphatic rings. The predicted octanol–water partition coefficient (Wildman–Crippen LogP) is 2.27. The van der Waals surface area contributed by atoms with Crippen molar-refractivity contribution in [1.29, 1.82) is 0 Å². The smallest absolute Gasteiger partial charge is 0.0521 e. The molecule has 2 nitrogen and oxygen atoms in total. The van der Waals surface area contributed by atoms with Crippen LogP contribution >= 0.6 is 11.8 Å². The number of rotatable bonds is 6. The standard InChI is InChI=1S/C12H25NOS/c1-3-4-10-5-6-11(13-2)12(9-10)15-8-7-14/h10-14H,3-9H2,1-2H3. The molecule has 0 amide bonds. The van der Waals surface area contributed by atoms with Crippen LogP contribution in [0.5, 0.6) is 0 Å². The van der Waals surface area contributed by atoms with Gasteiger partial charge >= 0.3 is 0 Å². The van der Waals surface area contributed by atoms with E-state index in [0.717, 1.165) is 11.7 Å². The Balaban J connectivity index is 2.38. The van der Waals surface area contributed by atoms with Crippen LogP contribution in [-0.4, -0.2) is 35.8 Å². The summed E-state index contributed by atoms with van der Waals surface area (Å²) < 4.78 is 0. The fourth-order valence-electron chi connectivity index (χ4n) is 2.60. The molecule has 90 valence electrons. The molecule has 0 aromatic carbocycles. The first-order chi connectivity index (χ1) is 7.31. The Bertz CT molecular complexity index is 166. The summed E-state index contributed by atoms with van der Waals surface area (Å²) in [5.41, 5.74) is 0. The quantitative estimate of drug-likeness (QED) is 0.735. The first kappa shape index (κ1) is 13.3. The predicted molar refractivity (Wildman–Crippen MR) is 68.4 cm³/mol. The minimum atomic E-state index is 0.316. The molecule has 0 aromatic rings. The Morgan fingerprint density at radius 1 is 1.40 bits per heavy atom. The maximum atomic E-state index is 8.88. The number of nitrogens with one attached hydrogen (secondary N) is 1. The van der Waals surface area contributed by atoms with Gasteiger partial charge in [0.05, 0.1) is 6.61 Å². The zero-order valence-electron chi connectivity index (χ0n) is 10.0. The van der Waals surface area contributed by atoms with Crippen molar-refractivity contribution in [2.24, 2.45) is 5.92 Å². The second-order valence-corrected chi connectivity index (χ2v) is 5.84. The lowest BCUT2D eigenvalue weighted by Crippen LogP contribution is -2.41. The van der Waals surface area contributed by atoms with Crippen LogP contribution in [0, 0.1) is 5.92 Å². The zero-order valence-corrected chi connectivity index (χ0v) is 10.9. The van der Waals surface area contributed by atoms with Gasteiger partial charge in [-0.1, -0.05) is 19.8 Å². The van der Waals surface area contributed by atoms with Crippen molar-refractivity contribution in [2.45, 2.75) is 50.3 Å². The van der Waals surface area contributed by atoms with E-state index in [-0.39, 0.29) is 0 Å². The van der Waals surface area contributed by atoms with E-state index in [1.807, 2.05) is 11.8 Å². The van der Waals surface area contributed by atoms with E-state index in [9.17, 15) is 0 Å². The highest BCUT2D eigenvalue weighted by molar-refractivity contribution is 7.99. The molecule has 3 unspecified atom stereocenters. The first-order valence-electron chi connectivity index (χ1n) is 6.21. The zero-order chi connectivity index (χ0) is 11.1. The number of thioether (sulfide) groups is 1. The van der Waals surface area contributed by atoms with Gasteiger partial charge in [0.2, 0.25) is 0 Å². The molecule has 1 rings (SSSR count). The lowest BCUT2D eigenvalue weighted by molar-refractivity contribution is 0.293. The third-order valence-corrected chi connectivity index (χ3v) is 4.76. The minimum Gasteiger partial charge on any atom is -0.396 e. The van der Waals surface area contributed by atoms with Crippen molar-refractivity contribution in [3.63, 3.8) is 0 Å². The second kappa shape index (κ2) is 7.53. The van der Waals surface area contributed by atoms with Crippen LogP contribution in [0.4, 0.5) is 0 Å². The molecule has 0 spiro atoms. The first-order valence-corrected chi connectivity index (χ1v) is 7.26. The summed E-state index contributed by atoms with van der Waals surface area (Å²) in [6, 6.07) is 0.662. The summed E-state index contributed by atoms with van der Waals surface area (Å²) >= 11 is 1.95. The SMILES string of the molecule is CCCC1CCC(NC)C(SCCO)C1. The van der Waals surface area contributed by atoms with Crippen molar-refractivity contribution in [3.05, 3.63) is 0 Å². The fourth-order valence-corrected chi connectivity index (χ4v) is 3.92. The van der Waals surface area contributed by atoms with Gasteiger partial charge in [-0.25, -0.2) is 0 Å². The fraction of sp³-hybridized carbons (Fsp3) is 1.00. The van der Waals surface area contributed by atoms with E-state index in [1.54, 1.807) is 0 Å². The highest BCUT2D eigenvalue weighted by Gasteiger charge is 2.28. The summed E-state index contributed by atoms with van der Waals surface area (Å²) in [7, 11) is 2.07. The number of hydrogen-bond donors (Lipinski definition) is 2. The third kappa shape index (κ3) is 4.33. The molecule has 3 heteroatoms. The third-order valence-electron chi connectivity index (χ3n) is 3.39. The maximum absolute atomic E-state index is 8.88. The summed E-state index contributed by atoms with van der Waals surface area (Å²) in [6.07, 6.45) is 6.72. The van der Waals surface area contributed by atoms with Crippen LogP contribution in [0.15, 0.2) is 0 Å². The van der Waals surface area contributed by atoms with Gasteiger partial charge in [0.15, 0.2) is 0 Å². The molecular weight excluding hydrogens is 206 g/mol. The topological polar surface area (TPSA) is 32.3 Å². The van der Waals surface area contributed by atoms with Gasteiger partial charge in [0.1, 0.15) is 0 Å². The molecule has 0 bridgehead atoms. The van der Waals surface area contributed by atoms with Crippen molar-refractivity contribution in [2.75, 3.05) is 19.4 Å². The van der Waals surface area contributed by atoms with E-state index in [0.29, 0.717) is 17.9 Å². The van der Waals surface area contributed by atoms with E-state index in [2.05, 4.69) is 19.3 Å². The highest BCUT2D eigenvalue weighted by Crippen LogP contribution is 2.34. The van der Waals surface area contributed by atoms with Crippen molar-refractivity contribution in [3.8, 4) is 0 Å². The van der Waals surface area contributed by atoms with Gasteiger partial charge in [0, 0.05) is 17.0 Å². The number of aliphatic hydroxyl groups is 1. The van der Waals surface area contributed by atoms with E-state index in [1.165, 1.54) is 32.1 Å². The average molecular weight is 231 g/mol. The van der Waals surface area contributed by atoms with Crippen LogP contribution in [0.3, 0.4) is 0 Å². The lowest BCUT2D eigenvalue weighted by atomic mass is 9.83. The van der Waals surface area contributed by atoms with Crippen LogP contribution in [0.2, 0.25) is 0 Å². The van der Waals surface area contributed by atoms with Gasteiger partial charge in [-0.2, -0.15) is 11.8 Å². The average Bonchev–Trinajstić information content (AvgIpc) is 2.27. The summed E-state index contributed by atoms with van der Waals surface area (Å²) in [5.74, 6) is 1.82. The molecule has 0 aromatic heterocycles. The monoisotopic (exact) mass is 231 g/mol. The maximum Gasteiger partial charge on any atom is 0.0521 e. The van der Waals surface area contributed by atoms with Crippen molar-refractivity contribution in [1.82, 2.24) is 5.32 Å². The Morgan fingerprint density at radius 2 is 2.20 bits per heavy atom. The Morgan fingerprint density at radius 3 is 2.80 bits per heavy atom. The molecular formula is C12H25NOS. The molecule has 1 saturated carbocycles. The van der Waals surface area contributed by atoms with Gasteiger partial charge in [-0.15, -0.1) is 0 Å². The van der Waals surface area contributed by atoms with E-state index < -0.39 is 0 Å². The molecule has 1 fully saturated rings. The Kier molecular flexibility index (Phi) is 6.69. The van der Waals surface area contributed by atoms with Crippen LogP contribution in [-0.2, 0) is 0 Å².